The van der Waals surface area contributed by atoms with Crippen molar-refractivity contribution in [3.05, 3.63) is 12.2 Å². The van der Waals surface area contributed by atoms with Crippen LogP contribution in [0.3, 0.4) is 0 Å². The van der Waals surface area contributed by atoms with Gasteiger partial charge in [-0.3, -0.25) is 4.79 Å². The van der Waals surface area contributed by atoms with Crippen LogP contribution in [0, 0.1) is 0 Å². The smallest absolute Gasteiger partial charge is 0.328 e. The van der Waals surface area contributed by atoms with Gasteiger partial charge in [0.15, 0.2) is 0 Å². The fourth-order valence-electron chi connectivity index (χ4n) is 0.775. The molecular weight excluding hydrogens is 244 g/mol. The van der Waals surface area contributed by atoms with Gasteiger partial charge in [-0.15, -0.1) is 0 Å². The Hall–Kier alpha value is -1.93. The van der Waals surface area contributed by atoms with Crippen LogP contribution >= 0.6 is 0 Å². The molecular formula is C10H18N2O6. The van der Waals surface area contributed by atoms with Gasteiger partial charge >= 0.3 is 17.9 Å². The standard InChI is InChI=1S/C6H14N2O2.C4H4O4/c7-4-2-1-3-5(8)6(9)10;5-3(6)1-2-4(7)8/h5H,1-4,7-8H2,(H,9,10);1-2H,(H,5,6)(H,7,8)/b;2-1+/t5-;/m0./s1. The van der Waals surface area contributed by atoms with Gasteiger partial charge in [0.05, 0.1) is 0 Å². The summed E-state index contributed by atoms with van der Waals surface area (Å²) in [4.78, 5) is 29.2. The van der Waals surface area contributed by atoms with E-state index in [1.54, 1.807) is 0 Å². The molecule has 18 heavy (non-hydrogen) atoms. The largest absolute Gasteiger partial charge is 0.480 e. The Morgan fingerprint density at radius 1 is 1.00 bits per heavy atom. The molecule has 0 aliphatic carbocycles. The molecule has 0 bridgehead atoms. The van der Waals surface area contributed by atoms with Crippen LogP contribution in [0.25, 0.3) is 0 Å². The second kappa shape index (κ2) is 11.6. The van der Waals surface area contributed by atoms with E-state index < -0.39 is 23.9 Å². The minimum Gasteiger partial charge on any atom is -0.480 e. The molecule has 0 radical (unpaired) electrons. The minimum atomic E-state index is -1.26. The highest BCUT2D eigenvalue weighted by Crippen LogP contribution is 1.96. The number of nitrogens with two attached hydrogens (primary N) is 2. The lowest BCUT2D eigenvalue weighted by atomic mass is 10.1. The molecule has 0 spiro atoms. The van der Waals surface area contributed by atoms with E-state index in [1.165, 1.54) is 0 Å². The van der Waals surface area contributed by atoms with Crippen LogP contribution in [0.5, 0.6) is 0 Å². The maximum atomic E-state index is 10.1. The summed E-state index contributed by atoms with van der Waals surface area (Å²) in [7, 11) is 0. The lowest BCUT2D eigenvalue weighted by molar-refractivity contribution is -0.138. The first-order chi connectivity index (χ1) is 8.31. The highest BCUT2D eigenvalue weighted by molar-refractivity contribution is 5.89. The first-order valence-electron chi connectivity index (χ1n) is 5.13. The highest BCUT2D eigenvalue weighted by atomic mass is 16.4. The summed E-state index contributed by atoms with van der Waals surface area (Å²) in [6.07, 6.45) is 3.28. The van der Waals surface area contributed by atoms with Gasteiger partial charge in [0.2, 0.25) is 0 Å². The van der Waals surface area contributed by atoms with Gasteiger partial charge in [-0.2, -0.15) is 0 Å². The molecule has 0 fully saturated rings. The minimum absolute atomic E-state index is 0.520. The van der Waals surface area contributed by atoms with Crippen LogP contribution in [-0.2, 0) is 14.4 Å². The van der Waals surface area contributed by atoms with Crippen LogP contribution in [0.2, 0.25) is 0 Å². The molecule has 0 aromatic rings. The lowest BCUT2D eigenvalue weighted by Gasteiger charge is -2.03. The molecule has 0 amide bonds. The Morgan fingerprint density at radius 2 is 1.44 bits per heavy atom. The first-order valence-corrected chi connectivity index (χ1v) is 5.13. The van der Waals surface area contributed by atoms with Crippen LogP contribution in [0.4, 0.5) is 0 Å². The van der Waals surface area contributed by atoms with Crippen molar-refractivity contribution in [2.45, 2.75) is 25.3 Å². The Balaban J connectivity index is 0. The van der Waals surface area contributed by atoms with Crippen LogP contribution < -0.4 is 11.5 Å². The highest BCUT2D eigenvalue weighted by Gasteiger charge is 2.09. The van der Waals surface area contributed by atoms with Crippen molar-refractivity contribution in [3.8, 4) is 0 Å². The van der Waals surface area contributed by atoms with Gasteiger partial charge in [-0.05, 0) is 19.4 Å². The first kappa shape index (κ1) is 18.4. The number of carbonyl (C=O) groups is 3. The number of rotatable bonds is 7. The number of hydrogen-bond acceptors (Lipinski definition) is 5. The Bertz CT molecular complexity index is 287. The van der Waals surface area contributed by atoms with Crippen LogP contribution in [0.15, 0.2) is 12.2 Å². The van der Waals surface area contributed by atoms with E-state index in [4.69, 9.17) is 26.8 Å². The number of aliphatic carboxylic acids is 3. The Kier molecular flexibility index (Phi) is 11.8. The van der Waals surface area contributed by atoms with Gasteiger partial charge < -0.3 is 26.8 Å². The zero-order chi connectivity index (χ0) is 14.6. The third-order valence-corrected chi connectivity index (χ3v) is 1.65. The number of carboxylic acid groups (broad SMARTS) is 3. The fourth-order valence-corrected chi connectivity index (χ4v) is 0.775. The summed E-state index contributed by atoms with van der Waals surface area (Å²) in [6, 6.07) is -0.716. The molecule has 0 aromatic heterocycles. The second-order valence-electron chi connectivity index (χ2n) is 3.24. The molecule has 0 saturated heterocycles. The SMILES string of the molecule is NCCCC[C@H](N)C(=O)O.O=C(O)/C=C/C(=O)O. The molecule has 0 rings (SSSR count). The topological polar surface area (TPSA) is 164 Å². The number of hydrogen-bond donors (Lipinski definition) is 5. The summed E-state index contributed by atoms with van der Waals surface area (Å²) in [5.74, 6) is -3.45. The molecule has 104 valence electrons. The summed E-state index contributed by atoms with van der Waals surface area (Å²) < 4.78 is 0. The van der Waals surface area contributed by atoms with Crippen molar-refractivity contribution in [1.29, 1.82) is 0 Å². The molecule has 7 N–H and O–H groups in total. The third-order valence-electron chi connectivity index (χ3n) is 1.65. The predicted octanol–water partition coefficient (Wildman–Crippen LogP) is -0.761. The number of carboxylic acids is 3. The van der Waals surface area contributed by atoms with Crippen molar-refractivity contribution in [2.24, 2.45) is 11.5 Å². The summed E-state index contributed by atoms with van der Waals surface area (Å²) in [6.45, 7) is 0.604. The van der Waals surface area contributed by atoms with Crippen LogP contribution in [-0.4, -0.2) is 45.8 Å². The number of unbranched alkanes of at least 4 members (excludes halogenated alkanes) is 1. The van der Waals surface area contributed by atoms with Gasteiger partial charge in [-0.1, -0.05) is 6.42 Å². The van der Waals surface area contributed by atoms with E-state index >= 15 is 0 Å². The molecule has 0 saturated carbocycles. The van der Waals surface area contributed by atoms with Gasteiger partial charge in [0.1, 0.15) is 6.04 Å². The second-order valence-corrected chi connectivity index (χ2v) is 3.24. The maximum absolute atomic E-state index is 10.1. The van der Waals surface area contributed by atoms with Crippen LogP contribution in [0.1, 0.15) is 19.3 Å². The zero-order valence-corrected chi connectivity index (χ0v) is 9.78. The van der Waals surface area contributed by atoms with E-state index in [9.17, 15) is 14.4 Å². The van der Waals surface area contributed by atoms with Crippen molar-refractivity contribution < 1.29 is 29.7 Å². The molecule has 1 atom stereocenters. The van der Waals surface area contributed by atoms with Crippen molar-refractivity contribution in [2.75, 3.05) is 6.54 Å². The van der Waals surface area contributed by atoms with Crippen molar-refractivity contribution >= 4 is 17.9 Å². The van der Waals surface area contributed by atoms with Gasteiger partial charge in [-0.25, -0.2) is 9.59 Å². The summed E-state index contributed by atoms with van der Waals surface area (Å²) >= 11 is 0. The molecule has 0 unspecified atom stereocenters. The van der Waals surface area contributed by atoms with Gasteiger partial charge in [0.25, 0.3) is 0 Å². The van der Waals surface area contributed by atoms with Crippen molar-refractivity contribution in [1.82, 2.24) is 0 Å². The van der Waals surface area contributed by atoms with E-state index in [2.05, 4.69) is 0 Å². The average molecular weight is 262 g/mol. The Labute approximate surface area is 104 Å². The average Bonchev–Trinajstić information content (AvgIpc) is 2.27. The maximum Gasteiger partial charge on any atom is 0.328 e. The molecule has 0 heterocycles. The van der Waals surface area contributed by atoms with Gasteiger partial charge in [0, 0.05) is 12.2 Å². The quantitative estimate of drug-likeness (QED) is 0.295. The van der Waals surface area contributed by atoms with E-state index in [0.717, 1.165) is 12.8 Å². The molecule has 0 aliphatic rings. The third kappa shape index (κ3) is 16.5. The Morgan fingerprint density at radius 3 is 1.72 bits per heavy atom. The normalized spacial score (nSPS) is 11.4. The molecule has 0 aromatic carbocycles. The van der Waals surface area contributed by atoms with Crippen molar-refractivity contribution in [3.63, 3.8) is 0 Å². The van der Waals surface area contributed by atoms with E-state index in [0.29, 0.717) is 25.1 Å². The monoisotopic (exact) mass is 262 g/mol. The molecule has 8 nitrogen and oxygen atoms in total. The van der Waals surface area contributed by atoms with E-state index in [-0.39, 0.29) is 0 Å². The predicted molar refractivity (Wildman–Crippen MR) is 62.9 cm³/mol. The zero-order valence-electron chi connectivity index (χ0n) is 9.78. The van der Waals surface area contributed by atoms with E-state index in [1.807, 2.05) is 0 Å². The summed E-state index contributed by atoms with van der Waals surface area (Å²) in [5, 5.41) is 23.9. The summed E-state index contributed by atoms with van der Waals surface area (Å²) in [5.41, 5.74) is 10.4. The molecule has 0 aliphatic heterocycles. The lowest BCUT2D eigenvalue weighted by Crippen LogP contribution is -2.29. The fraction of sp³-hybridized carbons (Fsp3) is 0.500. The molecule has 8 heteroatoms.